The summed E-state index contributed by atoms with van der Waals surface area (Å²) >= 11 is 0.750. The van der Waals surface area contributed by atoms with E-state index in [1.165, 1.54) is 20.8 Å². The quantitative estimate of drug-likeness (QED) is 0.296. The van der Waals surface area contributed by atoms with Crippen LogP contribution in [0, 0.1) is 0 Å². The summed E-state index contributed by atoms with van der Waals surface area (Å²) in [5.41, 5.74) is 0. The molecule has 0 spiro atoms. The molecule has 0 N–H and O–H groups in total. The van der Waals surface area contributed by atoms with Crippen molar-refractivity contribution in [3.8, 4) is 0 Å². The van der Waals surface area contributed by atoms with Gasteiger partial charge in [-0.05, 0) is 34.6 Å². The van der Waals surface area contributed by atoms with Crippen LogP contribution in [0.15, 0.2) is 0 Å². The van der Waals surface area contributed by atoms with Crippen molar-refractivity contribution in [1.29, 1.82) is 0 Å². The van der Waals surface area contributed by atoms with Gasteiger partial charge in [0.2, 0.25) is 0 Å². The van der Waals surface area contributed by atoms with Crippen LogP contribution in [0.1, 0.15) is 47.5 Å². The zero-order valence-corrected chi connectivity index (χ0v) is 15.7. The van der Waals surface area contributed by atoms with Crippen LogP contribution in [-0.4, -0.2) is 43.0 Å². The topological polar surface area (TPSA) is 121 Å². The van der Waals surface area contributed by atoms with E-state index in [1.54, 1.807) is 13.8 Å². The van der Waals surface area contributed by atoms with Crippen LogP contribution in [-0.2, 0) is 57.2 Å². The second-order valence-electron chi connectivity index (χ2n) is 3.60. The van der Waals surface area contributed by atoms with Crippen LogP contribution in [0.3, 0.4) is 0 Å². The van der Waals surface area contributed by atoms with Crippen molar-refractivity contribution in [2.24, 2.45) is 0 Å². The fraction of sp³-hybridized carbons (Fsp3) is 0.643. The third kappa shape index (κ3) is 44.9. The Balaban J connectivity index is -0.000000123. The molecule has 0 amide bonds. The van der Waals surface area contributed by atoms with Crippen LogP contribution in [0.5, 0.6) is 0 Å². The number of esters is 2. The van der Waals surface area contributed by atoms with E-state index >= 15 is 0 Å². The summed E-state index contributed by atoms with van der Waals surface area (Å²) in [7, 11) is 0. The van der Waals surface area contributed by atoms with E-state index in [4.69, 9.17) is 8.12 Å². The minimum atomic E-state index is -0.440. The van der Waals surface area contributed by atoms with Gasteiger partial charge in [0.25, 0.3) is 0 Å². The molecule has 0 aromatic rings. The van der Waals surface area contributed by atoms with Crippen LogP contribution in [0.4, 0.5) is 0 Å². The van der Waals surface area contributed by atoms with Crippen molar-refractivity contribution < 1.29 is 57.2 Å². The van der Waals surface area contributed by atoms with Gasteiger partial charge in [0.15, 0.2) is 0 Å². The Kier molecular flexibility index (Phi) is 32.6. The zero-order chi connectivity index (χ0) is 19.3. The van der Waals surface area contributed by atoms with Crippen LogP contribution >= 0.6 is 0 Å². The Labute approximate surface area is 148 Å². The molecule has 0 aliphatic heterocycles. The van der Waals surface area contributed by atoms with Gasteiger partial charge in [-0.2, -0.15) is 0 Å². The molecule has 0 aliphatic carbocycles. The van der Waals surface area contributed by atoms with Crippen molar-refractivity contribution in [2.75, 3.05) is 13.2 Å². The molecule has 0 radical (unpaired) electrons. The number of hydrogen-bond acceptors (Lipinski definition) is 8. The normalized spacial score (nSPS) is 7.48. The number of hydrogen-bond donors (Lipinski definition) is 0. The molecule has 0 unspecified atom stereocenters. The van der Waals surface area contributed by atoms with Gasteiger partial charge in [0, 0.05) is 0 Å². The van der Waals surface area contributed by atoms with E-state index in [9.17, 15) is 19.2 Å². The number of carbonyl (C=O) groups is 5. The fourth-order valence-electron chi connectivity index (χ4n) is 0.831. The SMILES string of the molecule is CC=O.CCOC(=O)CC(C)=O.CCOC(=O)CC(C)=O.[O]=[Ti]. The molecular formula is C14H24O8Ti. The molecule has 0 bridgehead atoms. The van der Waals surface area contributed by atoms with Gasteiger partial charge in [-0.15, -0.1) is 0 Å². The van der Waals surface area contributed by atoms with E-state index in [1.807, 2.05) is 0 Å². The summed E-state index contributed by atoms with van der Waals surface area (Å²) in [6.45, 7) is 8.25. The number of ether oxygens (including phenoxy) is 2. The van der Waals surface area contributed by atoms with Gasteiger partial charge in [-0.25, -0.2) is 0 Å². The van der Waals surface area contributed by atoms with E-state index in [0.717, 1.165) is 26.7 Å². The van der Waals surface area contributed by atoms with Gasteiger partial charge in [0.05, 0.1) is 13.2 Å². The van der Waals surface area contributed by atoms with Gasteiger partial charge in [-0.3, -0.25) is 19.2 Å². The third-order valence-electron chi connectivity index (χ3n) is 1.40. The van der Waals surface area contributed by atoms with E-state index < -0.39 is 11.9 Å². The summed E-state index contributed by atoms with van der Waals surface area (Å²) in [5.74, 6) is -1.20. The number of carbonyl (C=O) groups excluding carboxylic acids is 5. The van der Waals surface area contributed by atoms with Crippen molar-refractivity contribution >= 4 is 29.8 Å². The van der Waals surface area contributed by atoms with E-state index in [0.29, 0.717) is 13.2 Å². The van der Waals surface area contributed by atoms with Crippen molar-refractivity contribution in [3.63, 3.8) is 0 Å². The average molecular weight is 368 g/mol. The average Bonchev–Trinajstić information content (AvgIpc) is 2.41. The summed E-state index contributed by atoms with van der Waals surface area (Å²) < 4.78 is 17.2. The van der Waals surface area contributed by atoms with Gasteiger partial charge in [0.1, 0.15) is 30.7 Å². The molecule has 0 saturated carbocycles. The maximum atomic E-state index is 10.4. The molecule has 0 aromatic carbocycles. The summed E-state index contributed by atoms with van der Waals surface area (Å²) in [6, 6.07) is 0. The van der Waals surface area contributed by atoms with Crippen molar-refractivity contribution in [2.45, 2.75) is 47.5 Å². The molecular weight excluding hydrogens is 344 g/mol. The Bertz CT molecular complexity index is 325. The number of ketones is 2. The molecule has 0 atom stereocenters. The molecule has 0 aliphatic rings. The van der Waals surface area contributed by atoms with Crippen molar-refractivity contribution in [1.82, 2.24) is 0 Å². The number of rotatable bonds is 6. The molecule has 0 saturated heterocycles. The first kappa shape index (κ1) is 29.5. The van der Waals surface area contributed by atoms with Crippen LogP contribution in [0.2, 0.25) is 0 Å². The maximum absolute atomic E-state index is 10.4. The minimum absolute atomic E-state index is 0.103. The monoisotopic (exact) mass is 368 g/mol. The summed E-state index contributed by atoms with van der Waals surface area (Å²) in [4.78, 5) is 50.1. The first-order valence-corrected chi connectivity index (χ1v) is 7.29. The Morgan fingerprint density at radius 3 is 1.17 bits per heavy atom. The standard InChI is InChI=1S/2C6H10O3.C2H4O.O.Ti/c2*1-3-9-6(8)4-5(2)7;1-2-3;;/h2*3-4H2,1-2H3;2H,1H3;;. The van der Waals surface area contributed by atoms with Crippen molar-refractivity contribution in [3.05, 3.63) is 0 Å². The zero-order valence-electron chi connectivity index (χ0n) is 14.2. The molecule has 132 valence electrons. The van der Waals surface area contributed by atoms with E-state index in [-0.39, 0.29) is 24.4 Å². The Morgan fingerprint density at radius 1 is 0.826 bits per heavy atom. The second kappa shape index (κ2) is 25.4. The van der Waals surface area contributed by atoms with Crippen LogP contribution < -0.4 is 0 Å². The molecule has 9 heteroatoms. The fourth-order valence-corrected chi connectivity index (χ4v) is 0.831. The molecule has 0 fully saturated rings. The first-order chi connectivity index (χ1) is 10.7. The predicted octanol–water partition coefficient (Wildman–Crippen LogP) is 1.14. The first-order valence-electron chi connectivity index (χ1n) is 6.65. The second-order valence-corrected chi connectivity index (χ2v) is 3.60. The molecule has 23 heavy (non-hydrogen) atoms. The van der Waals surface area contributed by atoms with Crippen LogP contribution in [0.25, 0.3) is 0 Å². The summed E-state index contributed by atoms with van der Waals surface area (Å²) in [6.07, 6.45) is 0.543. The Morgan fingerprint density at radius 2 is 1.04 bits per heavy atom. The Hall–Kier alpha value is -1.54. The molecule has 0 aromatic heterocycles. The number of Topliss-reactive ketones (excluding diaryl/α,β-unsaturated/α-hetero) is 2. The van der Waals surface area contributed by atoms with Gasteiger partial charge < -0.3 is 14.3 Å². The third-order valence-corrected chi connectivity index (χ3v) is 1.40. The molecule has 0 rings (SSSR count). The van der Waals surface area contributed by atoms with Gasteiger partial charge in [-0.1, -0.05) is 0 Å². The molecule has 8 nitrogen and oxygen atoms in total. The molecule has 0 heterocycles. The van der Waals surface area contributed by atoms with Gasteiger partial charge >= 0.3 is 35.7 Å². The van der Waals surface area contributed by atoms with E-state index in [2.05, 4.69) is 9.47 Å². The number of aldehydes is 1. The summed E-state index contributed by atoms with van der Waals surface area (Å²) in [5, 5.41) is 0. The predicted molar refractivity (Wildman–Crippen MR) is 76.3 cm³/mol.